The predicted octanol–water partition coefficient (Wildman–Crippen LogP) is 2.62. The van der Waals surface area contributed by atoms with Crippen LogP contribution in [-0.2, 0) is 32.0 Å². The van der Waals surface area contributed by atoms with Crippen LogP contribution in [0.5, 0.6) is 5.75 Å². The summed E-state index contributed by atoms with van der Waals surface area (Å²) in [4.78, 5) is 53.4. The van der Waals surface area contributed by atoms with Crippen molar-refractivity contribution in [3.05, 3.63) is 65.7 Å². The van der Waals surface area contributed by atoms with Gasteiger partial charge in [0.1, 0.15) is 23.9 Å². The molecule has 0 heterocycles. The lowest BCUT2D eigenvalue weighted by molar-refractivity contribution is -0.145. The highest BCUT2D eigenvalue weighted by atomic mass is 16.4. The fraction of sp³-hybridized carbons (Fsp3) is 0.484. The summed E-state index contributed by atoms with van der Waals surface area (Å²) in [6.45, 7) is 5.76. The number of carbonyl (C=O) groups excluding carboxylic acids is 3. The molecule has 41 heavy (non-hydrogen) atoms. The summed E-state index contributed by atoms with van der Waals surface area (Å²) in [5.74, 6) is -2.56. The first-order chi connectivity index (χ1) is 19.4. The van der Waals surface area contributed by atoms with Crippen LogP contribution in [0.4, 0.5) is 0 Å². The zero-order valence-electron chi connectivity index (χ0n) is 24.4. The number of hydrogen-bond donors (Lipinski definition) is 5. The molecule has 0 saturated carbocycles. The number of unbranched alkanes of at least 4 members (excludes halogenated alkanes) is 1. The molecule has 10 heteroatoms. The van der Waals surface area contributed by atoms with E-state index < -0.39 is 47.9 Å². The van der Waals surface area contributed by atoms with Crippen LogP contribution in [0.1, 0.15) is 57.6 Å². The van der Waals surface area contributed by atoms with Crippen molar-refractivity contribution in [3.63, 3.8) is 0 Å². The molecule has 3 amide bonds. The van der Waals surface area contributed by atoms with Crippen molar-refractivity contribution in [2.45, 2.75) is 83.5 Å². The molecule has 10 nitrogen and oxygen atoms in total. The third-order valence-corrected chi connectivity index (χ3v) is 6.90. The fourth-order valence-corrected chi connectivity index (χ4v) is 4.53. The van der Waals surface area contributed by atoms with E-state index in [-0.39, 0.29) is 30.9 Å². The molecular weight excluding hydrogens is 524 g/mol. The minimum atomic E-state index is -1.12. The van der Waals surface area contributed by atoms with E-state index in [1.165, 1.54) is 24.1 Å². The normalized spacial score (nSPS) is 14.0. The van der Waals surface area contributed by atoms with Gasteiger partial charge in [-0.15, -0.1) is 0 Å². The maximum absolute atomic E-state index is 13.9. The molecule has 224 valence electrons. The van der Waals surface area contributed by atoms with E-state index in [1.54, 1.807) is 12.1 Å². The smallest absolute Gasteiger partial charge is 0.326 e. The molecule has 2 rings (SSSR count). The van der Waals surface area contributed by atoms with Crippen LogP contribution in [-0.4, -0.2) is 70.0 Å². The Balaban J connectivity index is 2.27. The average Bonchev–Trinajstić information content (AvgIpc) is 2.94. The zero-order chi connectivity index (χ0) is 30.5. The Labute approximate surface area is 242 Å². The van der Waals surface area contributed by atoms with Gasteiger partial charge >= 0.3 is 5.97 Å². The van der Waals surface area contributed by atoms with Gasteiger partial charge in [0.25, 0.3) is 0 Å². The molecule has 4 atom stereocenters. The van der Waals surface area contributed by atoms with E-state index in [4.69, 9.17) is 5.73 Å². The predicted molar refractivity (Wildman–Crippen MR) is 157 cm³/mol. The van der Waals surface area contributed by atoms with Gasteiger partial charge in [-0.25, -0.2) is 4.79 Å². The molecule has 0 bridgehead atoms. The number of likely N-dealkylation sites (N-methyl/N-ethyl adjacent to an activating group) is 1. The second-order valence-electron chi connectivity index (χ2n) is 10.9. The minimum Gasteiger partial charge on any atom is -0.508 e. The van der Waals surface area contributed by atoms with Crippen molar-refractivity contribution in [2.24, 2.45) is 11.7 Å². The van der Waals surface area contributed by atoms with Crippen molar-refractivity contribution in [3.8, 4) is 5.75 Å². The Morgan fingerprint density at radius 3 is 2.02 bits per heavy atom. The maximum atomic E-state index is 13.9. The van der Waals surface area contributed by atoms with E-state index in [2.05, 4.69) is 10.6 Å². The second-order valence-corrected chi connectivity index (χ2v) is 10.9. The lowest BCUT2D eigenvalue weighted by atomic mass is 9.98. The van der Waals surface area contributed by atoms with E-state index >= 15 is 0 Å². The topological polar surface area (TPSA) is 162 Å². The molecule has 0 fully saturated rings. The summed E-state index contributed by atoms with van der Waals surface area (Å²) in [5.41, 5.74) is 7.74. The van der Waals surface area contributed by atoms with Gasteiger partial charge in [0, 0.05) is 13.5 Å². The van der Waals surface area contributed by atoms with E-state index in [0.29, 0.717) is 12.8 Å². The van der Waals surface area contributed by atoms with Crippen molar-refractivity contribution in [2.75, 3.05) is 7.05 Å². The number of carboxylic acid groups (broad SMARTS) is 1. The first-order valence-electron chi connectivity index (χ1n) is 14.1. The highest BCUT2D eigenvalue weighted by Gasteiger charge is 2.35. The lowest BCUT2D eigenvalue weighted by Gasteiger charge is -2.33. The van der Waals surface area contributed by atoms with E-state index in [1.807, 2.05) is 51.1 Å². The third kappa shape index (κ3) is 10.9. The van der Waals surface area contributed by atoms with Gasteiger partial charge in [-0.1, -0.05) is 76.1 Å². The molecule has 0 aliphatic rings. The van der Waals surface area contributed by atoms with Gasteiger partial charge < -0.3 is 31.5 Å². The van der Waals surface area contributed by atoms with Crippen LogP contribution in [0.15, 0.2) is 54.6 Å². The zero-order valence-corrected chi connectivity index (χ0v) is 24.4. The van der Waals surface area contributed by atoms with Gasteiger partial charge in [-0.3, -0.25) is 14.4 Å². The number of amides is 3. The summed E-state index contributed by atoms with van der Waals surface area (Å²) < 4.78 is 0. The van der Waals surface area contributed by atoms with Crippen molar-refractivity contribution in [1.82, 2.24) is 15.5 Å². The van der Waals surface area contributed by atoms with Gasteiger partial charge in [0.05, 0.1) is 6.04 Å². The van der Waals surface area contributed by atoms with E-state index in [0.717, 1.165) is 17.5 Å². The molecule has 0 radical (unpaired) electrons. The Morgan fingerprint density at radius 2 is 1.46 bits per heavy atom. The van der Waals surface area contributed by atoms with Crippen molar-refractivity contribution >= 4 is 23.7 Å². The molecule has 2 aromatic carbocycles. The Hall–Kier alpha value is -3.92. The van der Waals surface area contributed by atoms with Crippen LogP contribution in [0.2, 0.25) is 0 Å². The molecule has 0 spiro atoms. The Kier molecular flexibility index (Phi) is 13.3. The first kappa shape index (κ1) is 33.3. The van der Waals surface area contributed by atoms with Gasteiger partial charge in [0.2, 0.25) is 17.7 Å². The van der Waals surface area contributed by atoms with Gasteiger partial charge in [0.15, 0.2) is 0 Å². The third-order valence-electron chi connectivity index (χ3n) is 6.90. The number of aliphatic carboxylic acids is 1. The molecule has 0 saturated heterocycles. The monoisotopic (exact) mass is 568 g/mol. The van der Waals surface area contributed by atoms with Crippen LogP contribution in [0.3, 0.4) is 0 Å². The molecule has 0 unspecified atom stereocenters. The number of phenolic OH excluding ortho intramolecular Hbond substituents is 1. The molecular formula is C31H44N4O6. The molecule has 0 aromatic heterocycles. The summed E-state index contributed by atoms with van der Waals surface area (Å²) >= 11 is 0. The summed E-state index contributed by atoms with van der Waals surface area (Å²) in [6.07, 6.45) is 2.38. The average molecular weight is 569 g/mol. The number of rotatable bonds is 16. The van der Waals surface area contributed by atoms with Crippen molar-refractivity contribution < 1.29 is 29.4 Å². The van der Waals surface area contributed by atoms with Gasteiger partial charge in [-0.2, -0.15) is 0 Å². The standard InChI is InChI=1S/C31H44N4O6/c1-5-6-12-25(31(40)41)33-29(38)27(17-20(2)3)35(4)30(39)26(19-21-10-8-7-9-11-21)34-28(37)24(32)18-22-13-15-23(36)16-14-22/h7-11,13-16,20,24-27,36H,5-6,12,17-19,32H2,1-4H3,(H,33,38)(H,34,37)(H,40,41)/t24-,25-,26-,27-/m0/s1. The summed E-state index contributed by atoms with van der Waals surface area (Å²) in [7, 11) is 1.50. The number of hydrogen-bond acceptors (Lipinski definition) is 6. The maximum Gasteiger partial charge on any atom is 0.326 e. The SMILES string of the molecule is CCCC[C@H](NC(=O)[C@H](CC(C)C)N(C)C(=O)[C@H](Cc1ccccc1)NC(=O)[C@@H](N)Cc1ccc(O)cc1)C(=O)O. The van der Waals surface area contributed by atoms with Crippen LogP contribution >= 0.6 is 0 Å². The summed E-state index contributed by atoms with van der Waals surface area (Å²) in [5, 5.41) is 24.5. The quantitative estimate of drug-likeness (QED) is 0.208. The van der Waals surface area contributed by atoms with Crippen molar-refractivity contribution in [1.29, 1.82) is 0 Å². The van der Waals surface area contributed by atoms with Crippen LogP contribution in [0.25, 0.3) is 0 Å². The fourth-order valence-electron chi connectivity index (χ4n) is 4.53. The first-order valence-corrected chi connectivity index (χ1v) is 14.1. The number of carboxylic acids is 1. The van der Waals surface area contributed by atoms with Crippen LogP contribution < -0.4 is 16.4 Å². The van der Waals surface area contributed by atoms with Crippen LogP contribution in [0, 0.1) is 5.92 Å². The Morgan fingerprint density at radius 1 is 0.878 bits per heavy atom. The van der Waals surface area contributed by atoms with E-state index in [9.17, 15) is 29.4 Å². The minimum absolute atomic E-state index is 0.0285. The number of nitrogens with two attached hydrogens (primary N) is 1. The Bertz CT molecular complexity index is 1140. The molecule has 2 aromatic rings. The largest absolute Gasteiger partial charge is 0.508 e. The number of benzene rings is 2. The molecule has 0 aliphatic heterocycles. The highest BCUT2D eigenvalue weighted by molar-refractivity contribution is 5.94. The number of nitrogens with zero attached hydrogens (tertiary/aromatic N) is 1. The lowest BCUT2D eigenvalue weighted by Crippen LogP contribution is -2.58. The van der Waals surface area contributed by atoms with Gasteiger partial charge in [-0.05, 0) is 48.4 Å². The number of carbonyl (C=O) groups is 4. The molecule has 6 N–H and O–H groups in total. The second kappa shape index (κ2) is 16.4. The highest BCUT2D eigenvalue weighted by Crippen LogP contribution is 2.16. The number of nitrogens with one attached hydrogen (secondary N) is 2. The summed E-state index contributed by atoms with van der Waals surface area (Å²) in [6, 6.07) is 11.6. The number of aromatic hydroxyl groups is 1. The number of phenols is 1. The molecule has 0 aliphatic carbocycles.